The Bertz CT molecular complexity index is 190. The summed E-state index contributed by atoms with van der Waals surface area (Å²) in [6, 6.07) is 0.342. The number of hydrogen-bond donors (Lipinski definition) is 2. The van der Waals surface area contributed by atoms with Crippen molar-refractivity contribution in [2.75, 3.05) is 13.6 Å². The second kappa shape index (κ2) is 5.35. The highest BCUT2D eigenvalue weighted by atomic mass is 16.1. The van der Waals surface area contributed by atoms with Gasteiger partial charge in [-0.2, -0.15) is 0 Å². The fraction of sp³-hybridized carbons (Fsp3) is 0.909. The Morgan fingerprint density at radius 2 is 2.07 bits per heavy atom. The molecule has 2 unspecified atom stereocenters. The van der Waals surface area contributed by atoms with E-state index in [9.17, 15) is 4.79 Å². The van der Waals surface area contributed by atoms with Crippen molar-refractivity contribution in [2.45, 2.75) is 39.2 Å². The second-order valence-corrected chi connectivity index (χ2v) is 4.55. The van der Waals surface area contributed by atoms with Gasteiger partial charge in [-0.25, -0.2) is 0 Å². The molecule has 0 saturated heterocycles. The van der Waals surface area contributed by atoms with Gasteiger partial charge >= 0.3 is 0 Å². The zero-order chi connectivity index (χ0) is 10.6. The number of amides is 1. The number of nitrogens with one attached hydrogen (secondary N) is 2. The van der Waals surface area contributed by atoms with E-state index in [0.29, 0.717) is 6.04 Å². The lowest BCUT2D eigenvalue weighted by atomic mass is 10.1. The highest BCUT2D eigenvalue weighted by Crippen LogP contribution is 2.33. The summed E-state index contributed by atoms with van der Waals surface area (Å²) in [6.07, 6.45) is 3.86. The minimum absolute atomic E-state index is 0.0710. The fourth-order valence-electron chi connectivity index (χ4n) is 1.70. The molecule has 0 spiro atoms. The molecular weight excluding hydrogens is 176 g/mol. The third-order valence-electron chi connectivity index (χ3n) is 2.73. The van der Waals surface area contributed by atoms with Crippen molar-refractivity contribution in [3.63, 3.8) is 0 Å². The third-order valence-corrected chi connectivity index (χ3v) is 2.73. The van der Waals surface area contributed by atoms with E-state index in [4.69, 9.17) is 0 Å². The van der Waals surface area contributed by atoms with Gasteiger partial charge in [-0.1, -0.05) is 19.8 Å². The van der Waals surface area contributed by atoms with Crippen LogP contribution < -0.4 is 10.6 Å². The monoisotopic (exact) mass is 198 g/mol. The van der Waals surface area contributed by atoms with Gasteiger partial charge in [0.15, 0.2) is 0 Å². The molecule has 2 atom stereocenters. The summed E-state index contributed by atoms with van der Waals surface area (Å²) in [5.74, 6) is 1.12. The molecule has 1 aliphatic carbocycles. The molecule has 0 aromatic heterocycles. The SMILES string of the molecule is CNCC(C)C(=O)NC(C)CC1CC1. The molecule has 1 aliphatic rings. The average Bonchev–Trinajstić information content (AvgIpc) is 2.88. The van der Waals surface area contributed by atoms with Crippen LogP contribution in [0.15, 0.2) is 0 Å². The molecule has 82 valence electrons. The predicted molar refractivity (Wildman–Crippen MR) is 58.0 cm³/mol. The van der Waals surface area contributed by atoms with Gasteiger partial charge in [0.2, 0.25) is 5.91 Å². The highest BCUT2D eigenvalue weighted by Gasteiger charge is 2.24. The maximum atomic E-state index is 11.6. The van der Waals surface area contributed by atoms with Crippen LogP contribution in [0.4, 0.5) is 0 Å². The lowest BCUT2D eigenvalue weighted by Gasteiger charge is -2.17. The molecule has 0 aromatic rings. The van der Waals surface area contributed by atoms with Crippen molar-refractivity contribution in [1.29, 1.82) is 0 Å². The van der Waals surface area contributed by atoms with Crippen LogP contribution in [0.1, 0.15) is 33.1 Å². The van der Waals surface area contributed by atoms with E-state index >= 15 is 0 Å². The minimum atomic E-state index is 0.0710. The van der Waals surface area contributed by atoms with Crippen LogP contribution >= 0.6 is 0 Å². The van der Waals surface area contributed by atoms with Crippen LogP contribution in [-0.4, -0.2) is 25.5 Å². The Balaban J connectivity index is 2.16. The maximum absolute atomic E-state index is 11.6. The fourth-order valence-corrected chi connectivity index (χ4v) is 1.70. The molecule has 1 rings (SSSR count). The summed E-state index contributed by atoms with van der Waals surface area (Å²) in [5.41, 5.74) is 0. The quantitative estimate of drug-likeness (QED) is 0.672. The molecule has 0 aromatic carbocycles. The normalized spacial score (nSPS) is 20.2. The van der Waals surface area contributed by atoms with Crippen molar-refractivity contribution in [2.24, 2.45) is 11.8 Å². The first-order valence-electron chi connectivity index (χ1n) is 5.58. The number of hydrogen-bond acceptors (Lipinski definition) is 2. The van der Waals surface area contributed by atoms with Crippen LogP contribution in [0, 0.1) is 11.8 Å². The van der Waals surface area contributed by atoms with Crippen LogP contribution in [0.3, 0.4) is 0 Å². The zero-order valence-electron chi connectivity index (χ0n) is 9.47. The summed E-state index contributed by atoms with van der Waals surface area (Å²) in [7, 11) is 1.87. The molecule has 0 bridgehead atoms. The van der Waals surface area contributed by atoms with Crippen molar-refractivity contribution < 1.29 is 4.79 Å². The highest BCUT2D eigenvalue weighted by molar-refractivity contribution is 5.78. The lowest BCUT2D eigenvalue weighted by molar-refractivity contribution is -0.125. The molecule has 1 fully saturated rings. The first-order valence-corrected chi connectivity index (χ1v) is 5.58. The summed E-state index contributed by atoms with van der Waals surface area (Å²) >= 11 is 0. The van der Waals surface area contributed by atoms with Gasteiger partial charge in [-0.3, -0.25) is 4.79 Å². The summed E-state index contributed by atoms with van der Waals surface area (Å²) < 4.78 is 0. The Morgan fingerprint density at radius 1 is 1.43 bits per heavy atom. The van der Waals surface area contributed by atoms with E-state index in [1.54, 1.807) is 0 Å². The number of carbonyl (C=O) groups excluding carboxylic acids is 1. The summed E-state index contributed by atoms with van der Waals surface area (Å²) in [4.78, 5) is 11.6. The Labute approximate surface area is 86.6 Å². The standard InChI is InChI=1S/C11H22N2O/c1-8(7-12-3)11(14)13-9(2)6-10-4-5-10/h8-10,12H,4-7H2,1-3H3,(H,13,14). The van der Waals surface area contributed by atoms with Crippen molar-refractivity contribution in [3.05, 3.63) is 0 Å². The van der Waals surface area contributed by atoms with E-state index < -0.39 is 0 Å². The predicted octanol–water partition coefficient (Wildman–Crippen LogP) is 1.15. The van der Waals surface area contributed by atoms with Crippen molar-refractivity contribution in [3.8, 4) is 0 Å². The second-order valence-electron chi connectivity index (χ2n) is 4.55. The largest absolute Gasteiger partial charge is 0.353 e. The zero-order valence-corrected chi connectivity index (χ0v) is 9.47. The molecule has 2 N–H and O–H groups in total. The molecule has 0 aliphatic heterocycles. The topological polar surface area (TPSA) is 41.1 Å². The van der Waals surface area contributed by atoms with Gasteiger partial charge < -0.3 is 10.6 Å². The van der Waals surface area contributed by atoms with E-state index in [1.165, 1.54) is 12.8 Å². The van der Waals surface area contributed by atoms with Crippen LogP contribution in [-0.2, 0) is 4.79 Å². The third kappa shape index (κ3) is 4.09. The van der Waals surface area contributed by atoms with Crippen molar-refractivity contribution >= 4 is 5.91 Å². The van der Waals surface area contributed by atoms with Gasteiger partial charge in [0.25, 0.3) is 0 Å². The Kier molecular flexibility index (Phi) is 4.39. The van der Waals surface area contributed by atoms with Gasteiger partial charge in [0.05, 0.1) is 0 Å². The van der Waals surface area contributed by atoms with E-state index in [2.05, 4.69) is 17.6 Å². The average molecular weight is 198 g/mol. The van der Waals surface area contributed by atoms with Crippen LogP contribution in [0.25, 0.3) is 0 Å². The molecule has 3 nitrogen and oxygen atoms in total. The molecule has 0 radical (unpaired) electrons. The number of rotatable bonds is 6. The van der Waals surface area contributed by atoms with Gasteiger partial charge in [-0.05, 0) is 26.3 Å². The van der Waals surface area contributed by atoms with Crippen LogP contribution in [0.2, 0.25) is 0 Å². The molecule has 1 amide bonds. The molecule has 14 heavy (non-hydrogen) atoms. The van der Waals surface area contributed by atoms with Crippen molar-refractivity contribution in [1.82, 2.24) is 10.6 Å². The first-order chi connectivity index (χ1) is 6.63. The van der Waals surface area contributed by atoms with Crippen LogP contribution in [0.5, 0.6) is 0 Å². The van der Waals surface area contributed by atoms with E-state index in [-0.39, 0.29) is 11.8 Å². The summed E-state index contributed by atoms with van der Waals surface area (Å²) in [5, 5.41) is 6.07. The Morgan fingerprint density at radius 3 is 2.57 bits per heavy atom. The van der Waals surface area contributed by atoms with Gasteiger partial charge in [-0.15, -0.1) is 0 Å². The number of carbonyl (C=O) groups is 1. The lowest BCUT2D eigenvalue weighted by Crippen LogP contribution is -2.39. The smallest absolute Gasteiger partial charge is 0.224 e. The molecule has 1 saturated carbocycles. The molecular formula is C11H22N2O. The minimum Gasteiger partial charge on any atom is -0.353 e. The maximum Gasteiger partial charge on any atom is 0.224 e. The van der Waals surface area contributed by atoms with Gasteiger partial charge in [0.1, 0.15) is 0 Å². The Hall–Kier alpha value is -0.570. The summed E-state index contributed by atoms with van der Waals surface area (Å²) in [6.45, 7) is 4.81. The van der Waals surface area contributed by atoms with Gasteiger partial charge in [0, 0.05) is 18.5 Å². The van der Waals surface area contributed by atoms with E-state index in [1.807, 2.05) is 14.0 Å². The first kappa shape index (κ1) is 11.5. The van der Waals surface area contributed by atoms with E-state index in [0.717, 1.165) is 18.9 Å². The molecule has 3 heteroatoms. The molecule has 0 heterocycles.